The van der Waals surface area contributed by atoms with Crippen molar-refractivity contribution in [3.8, 4) is 12.1 Å². The zero-order valence-corrected chi connectivity index (χ0v) is 11.4. The van der Waals surface area contributed by atoms with Crippen LogP contribution < -0.4 is 4.90 Å². The third kappa shape index (κ3) is 3.67. The molecule has 5 heteroatoms. The first-order valence-electron chi connectivity index (χ1n) is 6.23. The molecule has 0 N–H and O–H groups in total. The lowest BCUT2D eigenvalue weighted by Crippen LogP contribution is -2.29. The Hall–Kier alpha value is -2.11. The summed E-state index contributed by atoms with van der Waals surface area (Å²) in [6, 6.07) is 3.65. The van der Waals surface area contributed by atoms with Crippen molar-refractivity contribution in [2.45, 2.75) is 19.3 Å². The predicted octanol–water partition coefficient (Wildman–Crippen LogP) is 3.12. The Morgan fingerprint density at radius 1 is 1.26 bits per heavy atom. The summed E-state index contributed by atoms with van der Waals surface area (Å²) in [6.45, 7) is 2.17. The van der Waals surface area contributed by atoms with Gasteiger partial charge in [0.2, 0.25) is 0 Å². The van der Waals surface area contributed by atoms with E-state index in [4.69, 9.17) is 10.5 Å². The van der Waals surface area contributed by atoms with E-state index in [2.05, 4.69) is 9.88 Å². The lowest BCUT2D eigenvalue weighted by atomic mass is 10.1. The van der Waals surface area contributed by atoms with Crippen LogP contribution in [0.15, 0.2) is 23.9 Å². The number of thiazole rings is 1. The molecule has 1 fully saturated rings. The van der Waals surface area contributed by atoms with Crippen LogP contribution in [-0.4, -0.2) is 18.1 Å². The molecule has 19 heavy (non-hydrogen) atoms. The molecule has 0 radical (unpaired) electrons. The van der Waals surface area contributed by atoms with Gasteiger partial charge in [0.05, 0.1) is 0 Å². The van der Waals surface area contributed by atoms with Gasteiger partial charge in [-0.1, -0.05) is 17.4 Å². The number of rotatable bonds is 3. The van der Waals surface area contributed by atoms with Gasteiger partial charge >= 0.3 is 0 Å². The van der Waals surface area contributed by atoms with Crippen LogP contribution in [0.1, 0.15) is 24.1 Å². The molecule has 0 atom stereocenters. The van der Waals surface area contributed by atoms with Crippen molar-refractivity contribution in [2.75, 3.05) is 18.0 Å². The Balaban J connectivity index is 2.01. The van der Waals surface area contributed by atoms with Crippen molar-refractivity contribution in [1.82, 2.24) is 4.98 Å². The van der Waals surface area contributed by atoms with E-state index in [9.17, 15) is 0 Å². The second-order valence-electron chi connectivity index (χ2n) is 4.26. The molecule has 2 rings (SSSR count). The topological polar surface area (TPSA) is 63.7 Å². The number of aromatic nitrogens is 1. The van der Waals surface area contributed by atoms with Gasteiger partial charge < -0.3 is 4.90 Å². The van der Waals surface area contributed by atoms with Crippen LogP contribution in [0.5, 0.6) is 0 Å². The van der Waals surface area contributed by atoms with E-state index in [0.29, 0.717) is 0 Å². The number of allylic oxidation sites excluding steroid dienone is 3. The molecule has 0 amide bonds. The van der Waals surface area contributed by atoms with Crippen molar-refractivity contribution in [2.24, 2.45) is 0 Å². The normalized spacial score (nSPS) is 14.9. The summed E-state index contributed by atoms with van der Waals surface area (Å²) < 4.78 is 0. The second kappa shape index (κ2) is 6.72. The van der Waals surface area contributed by atoms with E-state index >= 15 is 0 Å². The van der Waals surface area contributed by atoms with Crippen molar-refractivity contribution in [1.29, 1.82) is 10.5 Å². The van der Waals surface area contributed by atoms with Crippen LogP contribution in [0.3, 0.4) is 0 Å². The van der Waals surface area contributed by atoms with Gasteiger partial charge in [0.1, 0.15) is 17.7 Å². The second-order valence-corrected chi connectivity index (χ2v) is 5.30. The van der Waals surface area contributed by atoms with E-state index in [1.165, 1.54) is 25.3 Å². The molecule has 96 valence electrons. The first-order chi connectivity index (χ1) is 9.33. The average Bonchev–Trinajstić information content (AvgIpc) is 2.93. The first kappa shape index (κ1) is 13.3. The molecule has 0 saturated carbocycles. The van der Waals surface area contributed by atoms with E-state index in [-0.39, 0.29) is 5.57 Å². The first-order valence-corrected chi connectivity index (χ1v) is 7.04. The monoisotopic (exact) mass is 270 g/mol. The molecule has 1 aliphatic rings. The summed E-state index contributed by atoms with van der Waals surface area (Å²) in [4.78, 5) is 7.77. The molecule has 1 aromatic heterocycles. The molecule has 0 spiro atoms. The highest BCUT2D eigenvalue weighted by Crippen LogP contribution is 2.26. The predicted molar refractivity (Wildman–Crippen MR) is 76.5 cm³/mol. The highest BCUT2D eigenvalue weighted by molar-refractivity contribution is 7.16. The third-order valence-electron chi connectivity index (χ3n) is 2.90. The van der Waals surface area contributed by atoms with Crippen molar-refractivity contribution < 1.29 is 0 Å². The molecule has 2 heterocycles. The number of hydrogen-bond acceptors (Lipinski definition) is 5. The summed E-state index contributed by atoms with van der Waals surface area (Å²) in [5.41, 5.74) is 0.108. The van der Waals surface area contributed by atoms with E-state index in [0.717, 1.165) is 23.1 Å². The molecule has 4 nitrogen and oxygen atoms in total. The lowest BCUT2D eigenvalue weighted by Gasteiger charge is -2.25. The molecule has 1 aliphatic heterocycles. The molecule has 0 aromatic carbocycles. The summed E-state index contributed by atoms with van der Waals surface area (Å²) in [5, 5.41) is 18.3. The molecule has 1 aromatic rings. The van der Waals surface area contributed by atoms with Crippen molar-refractivity contribution >= 4 is 22.5 Å². The molecular weight excluding hydrogens is 256 g/mol. The lowest BCUT2D eigenvalue weighted by molar-refractivity contribution is 0.577. The Bertz CT molecular complexity index is 549. The Morgan fingerprint density at radius 2 is 2.00 bits per heavy atom. The highest BCUT2D eigenvalue weighted by atomic mass is 32.1. The molecular formula is C14H14N4S. The van der Waals surface area contributed by atoms with Gasteiger partial charge in [0.15, 0.2) is 5.13 Å². The van der Waals surface area contributed by atoms with Crippen LogP contribution >= 0.6 is 11.3 Å². The van der Waals surface area contributed by atoms with Gasteiger partial charge in [0, 0.05) is 24.2 Å². The Labute approximate surface area is 116 Å². The average molecular weight is 270 g/mol. The number of nitriles is 2. The number of nitrogens with zero attached hydrogens (tertiary/aromatic N) is 4. The Morgan fingerprint density at radius 3 is 2.68 bits per heavy atom. The zero-order valence-electron chi connectivity index (χ0n) is 10.5. The van der Waals surface area contributed by atoms with E-state index < -0.39 is 0 Å². The fraction of sp³-hybridized carbons (Fsp3) is 0.357. The minimum atomic E-state index is 0.108. The van der Waals surface area contributed by atoms with Gasteiger partial charge in [-0.2, -0.15) is 10.5 Å². The van der Waals surface area contributed by atoms with Crippen LogP contribution in [0, 0.1) is 22.7 Å². The van der Waals surface area contributed by atoms with Gasteiger partial charge in [-0.25, -0.2) is 4.98 Å². The Kier molecular flexibility index (Phi) is 4.72. The maximum Gasteiger partial charge on any atom is 0.185 e. The fourth-order valence-corrected chi connectivity index (χ4v) is 2.80. The number of hydrogen-bond donors (Lipinski definition) is 0. The summed E-state index contributed by atoms with van der Waals surface area (Å²) in [5.74, 6) is 0. The molecule has 0 aliphatic carbocycles. The smallest absolute Gasteiger partial charge is 0.185 e. The molecule has 1 saturated heterocycles. The molecule has 0 bridgehead atoms. The standard InChI is InChI=1S/C14H14N4S/c15-9-12(10-16)5-4-6-13-11-17-14(19-13)18-7-2-1-3-8-18/h4-6,11H,1-3,7-8H2/b6-4+. The van der Waals surface area contributed by atoms with E-state index in [1.807, 2.05) is 24.4 Å². The minimum absolute atomic E-state index is 0.108. The SMILES string of the molecule is N#CC(C#N)=C/C=C/c1cnc(N2CCCCC2)s1. The summed E-state index contributed by atoms with van der Waals surface area (Å²) in [7, 11) is 0. The number of piperidine rings is 1. The van der Waals surface area contributed by atoms with Crippen LogP contribution in [-0.2, 0) is 0 Å². The largest absolute Gasteiger partial charge is 0.348 e. The van der Waals surface area contributed by atoms with Gasteiger partial charge in [-0.3, -0.25) is 0 Å². The van der Waals surface area contributed by atoms with Crippen LogP contribution in [0.25, 0.3) is 6.08 Å². The van der Waals surface area contributed by atoms with Crippen LogP contribution in [0.4, 0.5) is 5.13 Å². The maximum atomic E-state index is 8.61. The minimum Gasteiger partial charge on any atom is -0.348 e. The van der Waals surface area contributed by atoms with Gasteiger partial charge in [0.25, 0.3) is 0 Å². The van der Waals surface area contributed by atoms with Gasteiger partial charge in [-0.05, 0) is 31.4 Å². The van der Waals surface area contributed by atoms with Crippen molar-refractivity contribution in [3.63, 3.8) is 0 Å². The van der Waals surface area contributed by atoms with Crippen LogP contribution in [0.2, 0.25) is 0 Å². The highest BCUT2D eigenvalue weighted by Gasteiger charge is 2.13. The summed E-state index contributed by atoms with van der Waals surface area (Å²) >= 11 is 1.64. The van der Waals surface area contributed by atoms with E-state index in [1.54, 1.807) is 17.4 Å². The zero-order chi connectivity index (χ0) is 13.5. The number of anilines is 1. The maximum absolute atomic E-state index is 8.61. The molecule has 0 unspecified atom stereocenters. The van der Waals surface area contributed by atoms with Gasteiger partial charge in [-0.15, -0.1) is 0 Å². The van der Waals surface area contributed by atoms with Crippen molar-refractivity contribution in [3.05, 3.63) is 28.8 Å². The quantitative estimate of drug-likeness (QED) is 0.625. The summed E-state index contributed by atoms with van der Waals surface area (Å²) in [6.07, 6.45) is 10.7. The fourth-order valence-electron chi connectivity index (χ4n) is 1.92. The third-order valence-corrected chi connectivity index (χ3v) is 3.93.